The quantitative estimate of drug-likeness (QED) is 0.492. The molecule has 1 heterocycles. The predicted molar refractivity (Wildman–Crippen MR) is 79.0 cm³/mol. The second kappa shape index (κ2) is 8.05. The summed E-state index contributed by atoms with van der Waals surface area (Å²) in [6.07, 6.45) is -4.79. The van der Waals surface area contributed by atoms with Crippen LogP contribution in [0.5, 0.6) is 0 Å². The highest BCUT2D eigenvalue weighted by atomic mass is 19.3. The van der Waals surface area contributed by atoms with Crippen molar-refractivity contribution in [1.82, 2.24) is 15.2 Å². The second-order valence-corrected chi connectivity index (χ2v) is 4.78. The molecular formula is C15H11F4N5O. The van der Waals surface area contributed by atoms with E-state index in [0.717, 1.165) is 0 Å². The summed E-state index contributed by atoms with van der Waals surface area (Å²) in [4.78, 5) is 11.7. The fourth-order valence-corrected chi connectivity index (χ4v) is 1.85. The number of nitrogens with zero attached hydrogens (tertiary/aromatic N) is 4. The first-order valence-electron chi connectivity index (χ1n) is 6.86. The third-order valence-corrected chi connectivity index (χ3v) is 3.01. The van der Waals surface area contributed by atoms with E-state index in [1.54, 1.807) is 24.3 Å². The first-order valence-corrected chi connectivity index (χ1v) is 6.86. The van der Waals surface area contributed by atoms with Crippen LogP contribution in [0.1, 0.15) is 35.4 Å². The van der Waals surface area contributed by atoms with Crippen LogP contribution in [0.25, 0.3) is 0 Å². The number of halogens is 4. The van der Waals surface area contributed by atoms with E-state index in [9.17, 15) is 22.4 Å². The summed E-state index contributed by atoms with van der Waals surface area (Å²) in [6, 6.07) is 8.78. The van der Waals surface area contributed by atoms with Crippen LogP contribution < -0.4 is 5.43 Å². The van der Waals surface area contributed by atoms with Crippen molar-refractivity contribution in [3.8, 4) is 6.07 Å². The van der Waals surface area contributed by atoms with Crippen molar-refractivity contribution in [3.63, 3.8) is 0 Å². The first kappa shape index (κ1) is 18.1. The van der Waals surface area contributed by atoms with Crippen molar-refractivity contribution in [3.05, 3.63) is 52.8 Å². The summed E-state index contributed by atoms with van der Waals surface area (Å²) in [5.74, 6) is -0.810. The number of benzene rings is 1. The van der Waals surface area contributed by atoms with Crippen LogP contribution >= 0.6 is 0 Å². The number of nitrogens with one attached hydrogen (secondary N) is 1. The van der Waals surface area contributed by atoms with Gasteiger partial charge in [-0.2, -0.15) is 15.5 Å². The minimum Gasteiger partial charge on any atom is -0.271 e. The zero-order chi connectivity index (χ0) is 18.4. The number of nitriles is 1. The van der Waals surface area contributed by atoms with Gasteiger partial charge in [0, 0.05) is 0 Å². The van der Waals surface area contributed by atoms with Crippen molar-refractivity contribution in [2.45, 2.75) is 19.4 Å². The lowest BCUT2D eigenvalue weighted by Gasteiger charge is -2.05. The van der Waals surface area contributed by atoms with E-state index in [4.69, 9.17) is 5.26 Å². The lowest BCUT2D eigenvalue weighted by atomic mass is 10.2. The van der Waals surface area contributed by atoms with Gasteiger partial charge in [-0.1, -0.05) is 12.1 Å². The van der Waals surface area contributed by atoms with Crippen LogP contribution in [0.2, 0.25) is 0 Å². The Kier molecular flexibility index (Phi) is 5.84. The highest BCUT2D eigenvalue weighted by molar-refractivity contribution is 5.82. The number of hydrogen-bond acceptors (Lipinski definition) is 4. The maximum absolute atomic E-state index is 12.8. The average molecular weight is 353 g/mol. The molecule has 0 bridgehead atoms. The summed E-state index contributed by atoms with van der Waals surface area (Å²) >= 11 is 0. The second-order valence-electron chi connectivity index (χ2n) is 4.78. The fraction of sp³-hybridized carbons (Fsp3) is 0.200. The molecule has 130 valence electrons. The third kappa shape index (κ3) is 4.87. The Morgan fingerprint density at radius 3 is 2.52 bits per heavy atom. The molecule has 0 aliphatic rings. The zero-order valence-electron chi connectivity index (χ0n) is 12.5. The Hall–Kier alpha value is -3.22. The molecule has 0 saturated carbocycles. The van der Waals surface area contributed by atoms with Gasteiger partial charge in [0.25, 0.3) is 18.8 Å². The Bertz CT molecular complexity index is 808. The number of carbonyl (C=O) groups is 1. The Balaban J connectivity index is 2.00. The molecule has 0 atom stereocenters. The van der Waals surface area contributed by atoms with Gasteiger partial charge in [-0.25, -0.2) is 23.0 Å². The zero-order valence-corrected chi connectivity index (χ0v) is 12.5. The summed E-state index contributed by atoms with van der Waals surface area (Å²) in [5.41, 5.74) is 1.52. The average Bonchev–Trinajstić information content (AvgIpc) is 3.00. The van der Waals surface area contributed by atoms with Crippen molar-refractivity contribution < 1.29 is 22.4 Å². The van der Waals surface area contributed by atoms with Gasteiger partial charge >= 0.3 is 0 Å². The van der Waals surface area contributed by atoms with Crippen LogP contribution in [-0.2, 0) is 11.3 Å². The standard InChI is InChI=1S/C15H11F4N5O/c16-14(17)11-5-12(15(18)19)24(23-11)8-13(25)22-21-7-10-3-1-9(6-20)2-4-10/h1-5,7,14-15H,8H2,(H,22,25)/b21-7+. The number of aromatic nitrogens is 2. The molecule has 1 N–H and O–H groups in total. The van der Waals surface area contributed by atoms with Gasteiger partial charge in [-0.15, -0.1) is 0 Å². The molecule has 6 nitrogen and oxygen atoms in total. The number of hydrogen-bond donors (Lipinski definition) is 1. The van der Waals surface area contributed by atoms with Gasteiger partial charge in [0.1, 0.15) is 17.9 Å². The third-order valence-electron chi connectivity index (χ3n) is 3.01. The number of amides is 1. The molecule has 2 aromatic rings. The lowest BCUT2D eigenvalue weighted by molar-refractivity contribution is -0.121. The van der Waals surface area contributed by atoms with Crippen LogP contribution in [0, 0.1) is 11.3 Å². The maximum Gasteiger partial charge on any atom is 0.282 e. The summed E-state index contributed by atoms with van der Waals surface area (Å²) in [6.45, 7) is -0.683. The minimum atomic E-state index is -3.05. The van der Waals surface area contributed by atoms with Gasteiger partial charge in [-0.05, 0) is 23.8 Å². The first-order chi connectivity index (χ1) is 11.9. The van der Waals surface area contributed by atoms with E-state index in [2.05, 4.69) is 15.6 Å². The van der Waals surface area contributed by atoms with E-state index >= 15 is 0 Å². The highest BCUT2D eigenvalue weighted by Gasteiger charge is 2.22. The topological polar surface area (TPSA) is 83.1 Å². The molecule has 0 aliphatic heterocycles. The molecule has 0 spiro atoms. The summed E-state index contributed by atoms with van der Waals surface area (Å²) < 4.78 is 51.2. The Morgan fingerprint density at radius 1 is 1.28 bits per heavy atom. The minimum absolute atomic E-state index is 0.453. The Morgan fingerprint density at radius 2 is 1.96 bits per heavy atom. The van der Waals surface area contributed by atoms with Crippen LogP contribution in [-0.4, -0.2) is 21.9 Å². The number of carbonyl (C=O) groups excluding carboxylic acids is 1. The number of rotatable bonds is 6. The molecule has 10 heteroatoms. The van der Waals surface area contributed by atoms with E-state index in [1.807, 2.05) is 6.07 Å². The molecule has 0 radical (unpaired) electrons. The van der Waals surface area contributed by atoms with Crippen LogP contribution in [0.15, 0.2) is 35.4 Å². The van der Waals surface area contributed by atoms with E-state index in [-0.39, 0.29) is 0 Å². The van der Waals surface area contributed by atoms with Gasteiger partial charge in [0.15, 0.2) is 0 Å². The molecule has 0 fully saturated rings. The van der Waals surface area contributed by atoms with Gasteiger partial charge in [0.05, 0.1) is 17.8 Å². The van der Waals surface area contributed by atoms with Gasteiger partial charge in [-0.3, -0.25) is 9.48 Å². The molecule has 2 rings (SSSR count). The molecular weight excluding hydrogens is 342 g/mol. The van der Waals surface area contributed by atoms with Crippen molar-refractivity contribution in [2.24, 2.45) is 5.10 Å². The monoisotopic (exact) mass is 353 g/mol. The maximum atomic E-state index is 12.8. The molecule has 1 aromatic carbocycles. The SMILES string of the molecule is N#Cc1ccc(/C=N/NC(=O)Cn2nc(C(F)F)cc2C(F)F)cc1. The van der Waals surface area contributed by atoms with Crippen molar-refractivity contribution in [1.29, 1.82) is 5.26 Å². The summed E-state index contributed by atoms with van der Waals surface area (Å²) in [7, 11) is 0. The van der Waals surface area contributed by atoms with Gasteiger partial charge < -0.3 is 0 Å². The fourth-order valence-electron chi connectivity index (χ4n) is 1.85. The van der Waals surface area contributed by atoms with Crippen LogP contribution in [0.4, 0.5) is 17.6 Å². The molecule has 1 aromatic heterocycles. The number of hydrazone groups is 1. The smallest absolute Gasteiger partial charge is 0.271 e. The van der Waals surface area contributed by atoms with E-state index in [1.165, 1.54) is 6.21 Å². The number of alkyl halides is 4. The lowest BCUT2D eigenvalue weighted by Crippen LogP contribution is -2.25. The normalized spacial score (nSPS) is 11.2. The van der Waals surface area contributed by atoms with Crippen molar-refractivity contribution in [2.75, 3.05) is 0 Å². The van der Waals surface area contributed by atoms with Gasteiger partial charge in [0.2, 0.25) is 0 Å². The molecule has 0 saturated heterocycles. The Labute approximate surface area is 139 Å². The molecule has 0 unspecified atom stereocenters. The van der Waals surface area contributed by atoms with Crippen molar-refractivity contribution >= 4 is 12.1 Å². The molecule has 25 heavy (non-hydrogen) atoms. The van der Waals surface area contributed by atoms with Crippen LogP contribution in [0.3, 0.4) is 0 Å². The highest BCUT2D eigenvalue weighted by Crippen LogP contribution is 2.24. The predicted octanol–water partition coefficient (Wildman–Crippen LogP) is 2.78. The van der Waals surface area contributed by atoms with E-state index in [0.29, 0.717) is 21.9 Å². The molecule has 1 amide bonds. The molecule has 0 aliphatic carbocycles. The van der Waals surface area contributed by atoms with E-state index < -0.39 is 36.7 Å². The largest absolute Gasteiger partial charge is 0.282 e. The summed E-state index contributed by atoms with van der Waals surface area (Å²) in [5, 5.41) is 15.6.